The third-order valence-corrected chi connectivity index (χ3v) is 3.60. The fraction of sp³-hybridized carbons (Fsp3) is 0.211. The molecule has 2 N–H and O–H groups in total. The minimum Gasteiger partial charge on any atom is -0.716 e. The van der Waals surface area contributed by atoms with Crippen molar-refractivity contribution in [2.75, 3.05) is 28.2 Å². The second kappa shape index (κ2) is 8.30. The number of rotatable bonds is 3. The summed E-state index contributed by atoms with van der Waals surface area (Å²) in [6.07, 6.45) is 0. The summed E-state index contributed by atoms with van der Waals surface area (Å²) in [6, 6.07) is 6.37. The summed E-state index contributed by atoms with van der Waals surface area (Å²) >= 11 is 0. The van der Waals surface area contributed by atoms with E-state index in [2.05, 4.69) is 32.4 Å². The highest BCUT2D eigenvalue weighted by Gasteiger charge is 2.21. The molecule has 0 saturated carbocycles. The lowest BCUT2D eigenvalue weighted by molar-refractivity contribution is -0.849. The van der Waals surface area contributed by atoms with E-state index in [1.807, 2.05) is 0 Å². The summed E-state index contributed by atoms with van der Waals surface area (Å²) in [4.78, 5) is 12.2. The van der Waals surface area contributed by atoms with E-state index >= 15 is 0 Å². The summed E-state index contributed by atoms with van der Waals surface area (Å²) in [5.74, 6) is -3.24. The molecule has 2 aromatic carbocycles. The van der Waals surface area contributed by atoms with Crippen LogP contribution in [-0.2, 0) is 10.4 Å². The SMILES string of the molecule is C[N+](C)(C)C.O=c1cc(-c2ccc(F)cc2)oc2c(OS(=O)(=O)[O-])c(O)cc(O)c12. The standard InChI is InChI=1S/C15H9FO8S.C4H12N/c16-8-3-1-7(2-4-8)12-6-10(18)13-9(17)5-11(19)14(15(13)23-12)24-25(20,21)22;1-5(2,3)4/h1-6,17,19H,(H,20,21,22);1-4H3/q;+1/p-1. The third kappa shape index (κ3) is 6.17. The van der Waals surface area contributed by atoms with Gasteiger partial charge in [0.1, 0.15) is 22.7 Å². The molecule has 9 nitrogen and oxygen atoms in total. The van der Waals surface area contributed by atoms with E-state index in [1.165, 1.54) is 12.1 Å². The van der Waals surface area contributed by atoms with E-state index in [1.54, 1.807) is 0 Å². The van der Waals surface area contributed by atoms with E-state index < -0.39 is 49.9 Å². The van der Waals surface area contributed by atoms with Crippen LogP contribution in [0.3, 0.4) is 0 Å². The zero-order chi connectivity index (χ0) is 22.9. The van der Waals surface area contributed by atoms with E-state index in [0.29, 0.717) is 6.07 Å². The molecule has 0 unspecified atom stereocenters. The molecule has 3 aromatic rings. The third-order valence-electron chi connectivity index (χ3n) is 3.23. The van der Waals surface area contributed by atoms with Crippen LogP contribution in [0.1, 0.15) is 0 Å². The van der Waals surface area contributed by atoms with Gasteiger partial charge in [-0.3, -0.25) is 4.79 Å². The van der Waals surface area contributed by atoms with Crippen molar-refractivity contribution in [2.45, 2.75) is 0 Å². The molecule has 0 aliphatic heterocycles. The maximum Gasteiger partial charge on any atom is 0.262 e. The smallest absolute Gasteiger partial charge is 0.262 e. The second-order valence-electron chi connectivity index (χ2n) is 7.60. The van der Waals surface area contributed by atoms with Crippen molar-refractivity contribution >= 4 is 21.4 Å². The molecule has 162 valence electrons. The molecule has 0 aliphatic carbocycles. The molecule has 0 atom stereocenters. The monoisotopic (exact) mass is 441 g/mol. The number of quaternary nitrogens is 1. The Morgan fingerprint density at radius 1 is 1.03 bits per heavy atom. The summed E-state index contributed by atoms with van der Waals surface area (Å²) in [7, 11) is 3.20. The maximum atomic E-state index is 13.0. The normalized spacial score (nSPS) is 11.7. The predicted octanol–water partition coefficient (Wildman–Crippen LogP) is 2.17. The lowest BCUT2D eigenvalue weighted by atomic mass is 10.1. The zero-order valence-electron chi connectivity index (χ0n) is 16.5. The number of aromatic hydroxyl groups is 2. The topological polar surface area (TPSA) is 137 Å². The number of halogens is 1. The van der Waals surface area contributed by atoms with Crippen molar-refractivity contribution in [1.29, 1.82) is 0 Å². The lowest BCUT2D eigenvalue weighted by Crippen LogP contribution is -2.27. The number of phenolic OH excluding ortho intramolecular Hbond substituents is 2. The molecule has 0 radical (unpaired) electrons. The van der Waals surface area contributed by atoms with Crippen LogP contribution in [0, 0.1) is 5.82 Å². The van der Waals surface area contributed by atoms with Crippen molar-refractivity contribution in [3.8, 4) is 28.6 Å². The zero-order valence-corrected chi connectivity index (χ0v) is 17.4. The first-order chi connectivity index (χ1) is 13.7. The Kier molecular flexibility index (Phi) is 6.40. The Bertz CT molecular complexity index is 1220. The highest BCUT2D eigenvalue weighted by Crippen LogP contribution is 2.41. The van der Waals surface area contributed by atoms with Gasteiger partial charge >= 0.3 is 0 Å². The molecule has 3 rings (SSSR count). The molecule has 1 aromatic heterocycles. The molecule has 11 heteroatoms. The molecule has 0 amide bonds. The van der Waals surface area contributed by atoms with Crippen molar-refractivity contribution in [3.63, 3.8) is 0 Å². The molecule has 0 spiro atoms. The molecular weight excluding hydrogens is 421 g/mol. The van der Waals surface area contributed by atoms with Crippen molar-refractivity contribution in [3.05, 3.63) is 52.4 Å². The van der Waals surface area contributed by atoms with Crippen LogP contribution in [0.5, 0.6) is 17.2 Å². The first-order valence-corrected chi connectivity index (χ1v) is 9.72. The summed E-state index contributed by atoms with van der Waals surface area (Å²) in [5.41, 5.74) is -1.20. The summed E-state index contributed by atoms with van der Waals surface area (Å²) in [5, 5.41) is 19.0. The maximum absolute atomic E-state index is 13.0. The lowest BCUT2D eigenvalue weighted by Gasteiger charge is -2.14. The average Bonchev–Trinajstić information content (AvgIpc) is 2.56. The molecule has 0 saturated heterocycles. The van der Waals surface area contributed by atoms with Gasteiger partial charge in [0.25, 0.3) is 10.4 Å². The summed E-state index contributed by atoms with van der Waals surface area (Å²) < 4.78 is 56.0. The largest absolute Gasteiger partial charge is 0.716 e. The first kappa shape index (κ1) is 23.1. The van der Waals surface area contributed by atoms with E-state index in [4.69, 9.17) is 4.42 Å². The van der Waals surface area contributed by atoms with Crippen molar-refractivity contribution in [2.24, 2.45) is 0 Å². The Morgan fingerprint density at radius 3 is 2.07 bits per heavy atom. The fourth-order valence-corrected chi connectivity index (χ4v) is 2.58. The van der Waals surface area contributed by atoms with Gasteiger partial charge in [0.2, 0.25) is 5.75 Å². The van der Waals surface area contributed by atoms with E-state index in [-0.39, 0.29) is 11.3 Å². The average molecular weight is 441 g/mol. The van der Waals surface area contributed by atoms with Crippen LogP contribution < -0.4 is 9.61 Å². The van der Waals surface area contributed by atoms with Gasteiger partial charge in [-0.1, -0.05) is 0 Å². The van der Waals surface area contributed by atoms with Gasteiger partial charge in [0.15, 0.2) is 16.8 Å². The number of phenols is 2. The molecule has 0 fully saturated rings. The quantitative estimate of drug-likeness (QED) is 0.358. The number of fused-ring (bicyclic) bond motifs is 1. The van der Waals surface area contributed by atoms with Gasteiger partial charge in [-0.15, -0.1) is 0 Å². The first-order valence-electron chi connectivity index (χ1n) is 8.38. The van der Waals surface area contributed by atoms with Crippen molar-refractivity contribution < 1.29 is 40.7 Å². The van der Waals surface area contributed by atoms with E-state index in [9.17, 15) is 32.4 Å². The number of benzene rings is 2. The Balaban J connectivity index is 0.000000575. The minimum atomic E-state index is -5.30. The van der Waals surface area contributed by atoms with Gasteiger partial charge in [0, 0.05) is 17.7 Å². The van der Waals surface area contributed by atoms with Gasteiger partial charge in [-0.25, -0.2) is 12.8 Å². The van der Waals surface area contributed by atoms with Gasteiger partial charge in [-0.2, -0.15) is 0 Å². The highest BCUT2D eigenvalue weighted by atomic mass is 32.3. The predicted molar refractivity (Wildman–Crippen MR) is 105 cm³/mol. The molecule has 1 heterocycles. The van der Waals surface area contributed by atoms with Crippen LogP contribution >= 0.6 is 0 Å². The van der Waals surface area contributed by atoms with Gasteiger partial charge in [-0.05, 0) is 24.3 Å². The van der Waals surface area contributed by atoms with Crippen LogP contribution in [-0.4, -0.2) is 55.9 Å². The molecule has 30 heavy (non-hydrogen) atoms. The Labute approximate surface area is 171 Å². The van der Waals surface area contributed by atoms with Gasteiger partial charge in [0.05, 0.1) is 28.2 Å². The van der Waals surface area contributed by atoms with Crippen molar-refractivity contribution in [1.82, 2.24) is 0 Å². The van der Waals surface area contributed by atoms with Crippen LogP contribution in [0.4, 0.5) is 4.39 Å². The highest BCUT2D eigenvalue weighted by molar-refractivity contribution is 7.81. The molecule has 0 bridgehead atoms. The van der Waals surface area contributed by atoms with Crippen LogP contribution in [0.2, 0.25) is 0 Å². The fourth-order valence-electron chi connectivity index (χ4n) is 2.22. The number of hydrogen-bond donors (Lipinski definition) is 2. The second-order valence-corrected chi connectivity index (χ2v) is 8.59. The van der Waals surface area contributed by atoms with Crippen LogP contribution in [0.15, 0.2) is 45.6 Å². The number of hydrogen-bond acceptors (Lipinski definition) is 8. The molecule has 0 aliphatic rings. The minimum absolute atomic E-state index is 0.129. The van der Waals surface area contributed by atoms with E-state index in [0.717, 1.165) is 22.7 Å². The summed E-state index contributed by atoms with van der Waals surface area (Å²) in [6.45, 7) is 0. The number of nitrogens with zero attached hydrogens (tertiary/aromatic N) is 1. The Morgan fingerprint density at radius 2 is 1.57 bits per heavy atom. The Hall–Kier alpha value is -3.15. The van der Waals surface area contributed by atoms with Crippen LogP contribution in [0.25, 0.3) is 22.3 Å². The molecular formula is C19H20FNO8S. The van der Waals surface area contributed by atoms with Gasteiger partial charge < -0.3 is 27.8 Å².